The van der Waals surface area contributed by atoms with Crippen LogP contribution in [-0.4, -0.2) is 91.0 Å². The Balaban J connectivity index is 0.000000481. The highest BCUT2D eigenvalue weighted by molar-refractivity contribution is 6.60. The third-order valence-electron chi connectivity index (χ3n) is 3.72. The number of epoxide rings is 1. The minimum Gasteiger partial charge on any atom is -0.400 e. The molecule has 1 fully saturated rings. The fourth-order valence-electron chi connectivity index (χ4n) is 2.04. The van der Waals surface area contributed by atoms with Crippen LogP contribution in [0.5, 0.6) is 0 Å². The monoisotopic (exact) mass is 415 g/mol. The summed E-state index contributed by atoms with van der Waals surface area (Å²) in [5.41, 5.74) is 0. The number of hydrogen-bond acceptors (Lipinski definition) is 9. The Morgan fingerprint density at radius 1 is 1.12 bits per heavy atom. The van der Waals surface area contributed by atoms with E-state index in [0.717, 1.165) is 32.3 Å². The van der Waals surface area contributed by atoms with Crippen molar-refractivity contribution in [3.8, 4) is 0 Å². The molecule has 1 rings (SSSR count). The summed E-state index contributed by atoms with van der Waals surface area (Å²) in [5.74, 6) is 0. The molecule has 0 aromatic rings. The Morgan fingerprint density at radius 2 is 1.69 bits per heavy atom. The van der Waals surface area contributed by atoms with E-state index in [1.165, 1.54) is 21.3 Å². The average Bonchev–Trinajstić information content (AvgIpc) is 3.47. The second-order valence-corrected chi connectivity index (χ2v) is 11.0. The molecule has 26 heavy (non-hydrogen) atoms. The lowest BCUT2D eigenvalue weighted by Gasteiger charge is -2.23. The summed E-state index contributed by atoms with van der Waals surface area (Å²) < 4.78 is 36.0. The quantitative estimate of drug-likeness (QED) is 0.126. The zero-order chi connectivity index (χ0) is 19.8. The van der Waals surface area contributed by atoms with Gasteiger partial charge in [-0.25, -0.2) is 0 Å². The van der Waals surface area contributed by atoms with Crippen molar-refractivity contribution in [2.45, 2.75) is 31.0 Å². The predicted molar refractivity (Wildman–Crippen MR) is 99.2 cm³/mol. The molecule has 1 unspecified atom stereocenters. The molecule has 0 aromatic carbocycles. The van der Waals surface area contributed by atoms with Gasteiger partial charge in [-0.1, -0.05) is 0 Å². The van der Waals surface area contributed by atoms with Gasteiger partial charge in [-0.3, -0.25) is 10.1 Å². The van der Waals surface area contributed by atoms with Crippen LogP contribution in [0, 0.1) is 10.1 Å². The van der Waals surface area contributed by atoms with Gasteiger partial charge in [-0.15, -0.1) is 0 Å². The van der Waals surface area contributed by atoms with Gasteiger partial charge >= 0.3 is 18.1 Å². The van der Waals surface area contributed by atoms with Gasteiger partial charge in [0.25, 0.3) is 0 Å². The molecule has 0 aliphatic carbocycles. The maximum atomic E-state index is 10.0. The van der Waals surface area contributed by atoms with Crippen molar-refractivity contribution >= 4 is 18.1 Å². The molecule has 156 valence electrons. The second kappa shape index (κ2) is 15.6. The highest BCUT2D eigenvalue weighted by Crippen LogP contribution is 2.14. The molecule has 0 spiro atoms. The van der Waals surface area contributed by atoms with E-state index in [-0.39, 0.29) is 11.5 Å². The first-order valence-electron chi connectivity index (χ1n) is 8.49. The lowest BCUT2D eigenvalue weighted by molar-refractivity contribution is -0.479. The van der Waals surface area contributed by atoms with Gasteiger partial charge in [0.15, 0.2) is 0 Å². The summed E-state index contributed by atoms with van der Waals surface area (Å²) in [6, 6.07) is 1.48. The van der Waals surface area contributed by atoms with Crippen LogP contribution < -0.4 is 0 Å². The minimum atomic E-state index is -2.59. The lowest BCUT2D eigenvalue weighted by atomic mass is 10.5. The number of ether oxygens (including phenoxy) is 2. The van der Waals surface area contributed by atoms with Crippen molar-refractivity contribution in [1.82, 2.24) is 0 Å². The first kappa shape index (κ1) is 25.6. The number of nitro groups is 1. The molecule has 0 bridgehead atoms. The molecule has 0 radical (unpaired) electrons. The number of nitrogens with zero attached hydrogens (tertiary/aromatic N) is 1. The van der Waals surface area contributed by atoms with Crippen LogP contribution in [-0.2, 0) is 31.6 Å². The first-order chi connectivity index (χ1) is 12.5. The summed E-state index contributed by atoms with van der Waals surface area (Å²) in [6.45, 7) is 2.32. The van der Waals surface area contributed by atoms with E-state index in [4.69, 9.17) is 31.6 Å². The van der Waals surface area contributed by atoms with Gasteiger partial charge in [0, 0.05) is 59.5 Å². The van der Waals surface area contributed by atoms with Gasteiger partial charge in [0.2, 0.25) is 6.54 Å². The predicted octanol–water partition coefficient (Wildman–Crippen LogP) is 0.837. The second-order valence-electron chi connectivity index (χ2n) is 5.53. The van der Waals surface area contributed by atoms with E-state index in [9.17, 15) is 10.1 Å². The summed E-state index contributed by atoms with van der Waals surface area (Å²) in [4.78, 5) is 9.69. The molecule has 1 aliphatic heterocycles. The smallest absolute Gasteiger partial charge is 0.400 e. The Kier molecular flexibility index (Phi) is 15.3. The molecule has 1 atom stereocenters. The molecule has 12 heteroatoms. The molecule has 0 N–H and O–H groups in total. The molecule has 1 saturated heterocycles. The van der Waals surface area contributed by atoms with E-state index in [1.807, 2.05) is 0 Å². The molecule has 1 aliphatic rings. The zero-order valence-corrected chi connectivity index (χ0v) is 18.6. The Labute approximate surface area is 158 Å². The first-order valence-corrected chi connectivity index (χ1v) is 12.2. The van der Waals surface area contributed by atoms with E-state index in [1.54, 1.807) is 14.2 Å². The molecular weight excluding hydrogens is 382 g/mol. The fourth-order valence-corrected chi connectivity index (χ4v) is 4.91. The Bertz CT molecular complexity index is 345. The highest BCUT2D eigenvalue weighted by Gasteiger charge is 2.37. The van der Waals surface area contributed by atoms with Crippen LogP contribution in [0.3, 0.4) is 0 Å². The fraction of sp³-hybridized carbons (Fsp3) is 1.00. The average molecular weight is 416 g/mol. The normalized spacial score (nSPS) is 16.3. The maximum absolute atomic E-state index is 10.0. The molecule has 0 amide bonds. The van der Waals surface area contributed by atoms with Gasteiger partial charge in [0.05, 0.1) is 13.2 Å². The highest BCUT2D eigenvalue weighted by atomic mass is 28.4. The van der Waals surface area contributed by atoms with Crippen molar-refractivity contribution in [2.24, 2.45) is 0 Å². The van der Waals surface area contributed by atoms with Crippen molar-refractivity contribution in [3.05, 3.63) is 10.1 Å². The largest absolute Gasteiger partial charge is 0.500 e. The molecule has 1 heterocycles. The Hall–Kier alpha value is -0.446. The zero-order valence-electron chi connectivity index (χ0n) is 16.4. The van der Waals surface area contributed by atoms with Gasteiger partial charge in [0.1, 0.15) is 6.10 Å². The van der Waals surface area contributed by atoms with Crippen molar-refractivity contribution < 1.29 is 36.5 Å². The Morgan fingerprint density at radius 3 is 2.12 bits per heavy atom. The van der Waals surface area contributed by atoms with E-state index in [0.29, 0.717) is 18.6 Å². The lowest BCUT2D eigenvalue weighted by Crippen LogP contribution is -2.42. The third kappa shape index (κ3) is 12.8. The van der Waals surface area contributed by atoms with Crippen molar-refractivity contribution in [2.75, 3.05) is 61.9 Å². The van der Waals surface area contributed by atoms with E-state index in [2.05, 4.69) is 0 Å². The van der Waals surface area contributed by atoms with Crippen LogP contribution in [0.1, 0.15) is 12.8 Å². The van der Waals surface area contributed by atoms with E-state index >= 15 is 0 Å². The van der Waals surface area contributed by atoms with Crippen LogP contribution in [0.25, 0.3) is 0 Å². The maximum Gasteiger partial charge on any atom is 0.500 e. The molecule has 0 saturated carbocycles. The summed E-state index contributed by atoms with van der Waals surface area (Å²) >= 11 is 0. The van der Waals surface area contributed by atoms with Crippen LogP contribution in [0.2, 0.25) is 12.1 Å². The van der Waals surface area contributed by atoms with Gasteiger partial charge < -0.3 is 31.6 Å². The minimum absolute atomic E-state index is 0.0785. The van der Waals surface area contributed by atoms with E-state index < -0.39 is 18.1 Å². The number of rotatable bonds is 15. The third-order valence-corrected chi connectivity index (χ3v) is 8.48. The summed E-state index contributed by atoms with van der Waals surface area (Å²) in [6.07, 6.45) is 1.80. The topological polar surface area (TPSA) is 111 Å². The van der Waals surface area contributed by atoms with Crippen molar-refractivity contribution in [3.63, 3.8) is 0 Å². The van der Waals surface area contributed by atoms with Gasteiger partial charge in [-0.2, -0.15) is 0 Å². The van der Waals surface area contributed by atoms with Crippen molar-refractivity contribution in [1.29, 1.82) is 0 Å². The standard InChI is InChI=1S/C8H18O4Si.C6H15NO5Si/c1-9-13(10-2)5-3-4-11-6-8-7-12-8;1-10-13(11-2,12-3)6-4-5-7(8)9/h8,13H,3-7H2,1-2H3;4-6H2,1-3H3. The SMILES string of the molecule is CO[SiH](CCCOCC1CO1)OC.CO[Si](CCC[N+](=O)[O-])(OC)OC. The van der Waals surface area contributed by atoms with Crippen LogP contribution in [0.4, 0.5) is 0 Å². The summed E-state index contributed by atoms with van der Waals surface area (Å²) in [7, 11) is 3.95. The molecular formula is C14H33NO9Si2. The number of hydrogen-bond donors (Lipinski definition) is 0. The molecule has 0 aromatic heterocycles. The molecule has 10 nitrogen and oxygen atoms in total. The summed E-state index contributed by atoms with van der Waals surface area (Å²) in [5, 5.41) is 10.0. The van der Waals surface area contributed by atoms with Gasteiger partial charge in [-0.05, 0) is 12.5 Å². The van der Waals surface area contributed by atoms with Crippen LogP contribution in [0.15, 0.2) is 0 Å². The van der Waals surface area contributed by atoms with Crippen LogP contribution >= 0.6 is 0 Å².